The second kappa shape index (κ2) is 5.89. The predicted octanol–water partition coefficient (Wildman–Crippen LogP) is -1.80. The Labute approximate surface area is 94.0 Å². The quantitative estimate of drug-likeness (QED) is 0.538. The highest BCUT2D eigenvalue weighted by Crippen LogP contribution is 2.17. The van der Waals surface area contributed by atoms with Crippen molar-refractivity contribution in [3.05, 3.63) is 0 Å². The molecule has 0 saturated carbocycles. The summed E-state index contributed by atoms with van der Waals surface area (Å²) in [4.78, 5) is 23.8. The number of carbonyl (C=O) groups excluding carboxylic acids is 2. The molecule has 1 aliphatic heterocycles. The average Bonchev–Trinajstić information content (AvgIpc) is 2.63. The fraction of sp³-hybridized carbons (Fsp3) is 0.750. The third kappa shape index (κ3) is 3.05. The minimum Gasteiger partial charge on any atom is -0.394 e. The molecule has 1 aliphatic rings. The molecule has 1 heterocycles. The summed E-state index contributed by atoms with van der Waals surface area (Å²) in [6.07, 6.45) is 1.33. The van der Waals surface area contributed by atoms with Crippen molar-refractivity contribution in [1.29, 1.82) is 0 Å². The maximum Gasteiger partial charge on any atom is 0.242 e. The molecule has 0 radical (unpaired) electrons. The van der Waals surface area contributed by atoms with Crippen LogP contribution in [0.4, 0.5) is 0 Å². The Kier molecular flexibility index (Phi) is 5.56. The van der Waals surface area contributed by atoms with Crippen molar-refractivity contribution in [1.82, 2.24) is 4.90 Å². The second-order valence-electron chi connectivity index (χ2n) is 3.38. The van der Waals surface area contributed by atoms with E-state index in [-0.39, 0.29) is 12.4 Å². The molecular formula is C8H16ClN3O3. The highest BCUT2D eigenvalue weighted by atomic mass is 35.5. The summed E-state index contributed by atoms with van der Waals surface area (Å²) in [6.45, 7) is 0.0704. The second-order valence-corrected chi connectivity index (χ2v) is 3.38. The highest BCUT2D eigenvalue weighted by molar-refractivity contribution is 5.89. The normalized spacial score (nSPS) is 22.0. The fourth-order valence-electron chi connectivity index (χ4n) is 1.62. The summed E-state index contributed by atoms with van der Waals surface area (Å²) < 4.78 is 0. The Morgan fingerprint density at radius 2 is 2.13 bits per heavy atom. The van der Waals surface area contributed by atoms with Crippen molar-refractivity contribution < 1.29 is 14.7 Å². The number of halogens is 1. The van der Waals surface area contributed by atoms with E-state index in [9.17, 15) is 9.59 Å². The van der Waals surface area contributed by atoms with Gasteiger partial charge in [-0.2, -0.15) is 0 Å². The predicted molar refractivity (Wildman–Crippen MR) is 56.2 cm³/mol. The lowest BCUT2D eigenvalue weighted by Crippen LogP contribution is -2.51. The first kappa shape index (κ1) is 14.2. The summed E-state index contributed by atoms with van der Waals surface area (Å²) in [5, 5.41) is 8.70. The van der Waals surface area contributed by atoms with Gasteiger partial charge in [0.15, 0.2) is 0 Å². The number of hydrogen-bond acceptors (Lipinski definition) is 4. The Balaban J connectivity index is 0.00000196. The average molecular weight is 238 g/mol. The number of rotatable bonds is 3. The van der Waals surface area contributed by atoms with E-state index in [2.05, 4.69) is 0 Å². The summed E-state index contributed by atoms with van der Waals surface area (Å²) in [6, 6.07) is -1.50. The third-order valence-electron chi connectivity index (χ3n) is 2.38. The first-order chi connectivity index (χ1) is 6.57. The van der Waals surface area contributed by atoms with Crippen LogP contribution in [0.25, 0.3) is 0 Å². The molecule has 88 valence electrons. The summed E-state index contributed by atoms with van der Waals surface area (Å²) >= 11 is 0. The van der Waals surface area contributed by atoms with Gasteiger partial charge in [0.2, 0.25) is 11.8 Å². The number of carbonyl (C=O) groups is 2. The number of primary amides is 1. The zero-order chi connectivity index (χ0) is 10.7. The van der Waals surface area contributed by atoms with Crippen LogP contribution in [-0.2, 0) is 9.59 Å². The van der Waals surface area contributed by atoms with Gasteiger partial charge in [0, 0.05) is 6.54 Å². The third-order valence-corrected chi connectivity index (χ3v) is 2.38. The standard InChI is InChI=1S/C8H15N3O3.ClH/c9-5(4-12)8(14)11-3-1-2-6(11)7(10)13;/h5-6,12H,1-4,9H2,(H2,10,13);1H/t5-,6-;/m0./s1. The van der Waals surface area contributed by atoms with Crippen molar-refractivity contribution in [3.63, 3.8) is 0 Å². The number of aliphatic hydroxyl groups is 1. The zero-order valence-electron chi connectivity index (χ0n) is 8.26. The molecule has 7 heteroatoms. The Morgan fingerprint density at radius 1 is 1.53 bits per heavy atom. The van der Waals surface area contributed by atoms with Gasteiger partial charge >= 0.3 is 0 Å². The van der Waals surface area contributed by atoms with E-state index < -0.39 is 30.5 Å². The topological polar surface area (TPSA) is 110 Å². The first-order valence-corrected chi connectivity index (χ1v) is 4.54. The Hall–Kier alpha value is -0.850. The van der Waals surface area contributed by atoms with Crippen LogP contribution >= 0.6 is 12.4 Å². The van der Waals surface area contributed by atoms with Gasteiger partial charge in [-0.1, -0.05) is 0 Å². The molecule has 1 fully saturated rings. The van der Waals surface area contributed by atoms with E-state index in [1.165, 1.54) is 4.90 Å². The van der Waals surface area contributed by atoms with Crippen LogP contribution in [-0.4, -0.2) is 47.1 Å². The highest BCUT2D eigenvalue weighted by Gasteiger charge is 2.34. The molecule has 0 aliphatic carbocycles. The molecular weight excluding hydrogens is 222 g/mol. The maximum absolute atomic E-state index is 11.5. The van der Waals surface area contributed by atoms with Crippen LogP contribution in [0.15, 0.2) is 0 Å². The van der Waals surface area contributed by atoms with Crippen molar-refractivity contribution in [3.8, 4) is 0 Å². The van der Waals surface area contributed by atoms with E-state index in [1.807, 2.05) is 0 Å². The zero-order valence-corrected chi connectivity index (χ0v) is 9.07. The number of nitrogens with zero attached hydrogens (tertiary/aromatic N) is 1. The lowest BCUT2D eigenvalue weighted by atomic mass is 10.2. The van der Waals surface area contributed by atoms with Crippen molar-refractivity contribution >= 4 is 24.2 Å². The number of likely N-dealkylation sites (tertiary alicyclic amines) is 1. The lowest BCUT2D eigenvalue weighted by Gasteiger charge is -2.24. The summed E-state index contributed by atoms with van der Waals surface area (Å²) in [7, 11) is 0. The van der Waals surface area contributed by atoms with E-state index in [1.54, 1.807) is 0 Å². The van der Waals surface area contributed by atoms with Gasteiger partial charge in [-0.3, -0.25) is 9.59 Å². The van der Waals surface area contributed by atoms with Crippen molar-refractivity contribution in [2.24, 2.45) is 11.5 Å². The van der Waals surface area contributed by atoms with Crippen LogP contribution in [0.5, 0.6) is 0 Å². The summed E-state index contributed by atoms with van der Waals surface area (Å²) in [5.41, 5.74) is 10.5. The molecule has 2 atom stereocenters. The molecule has 2 amide bonds. The minimum atomic E-state index is -0.949. The number of nitrogens with two attached hydrogens (primary N) is 2. The number of aliphatic hydroxyl groups excluding tert-OH is 1. The smallest absolute Gasteiger partial charge is 0.242 e. The van der Waals surface area contributed by atoms with Crippen LogP contribution in [0.3, 0.4) is 0 Å². The van der Waals surface area contributed by atoms with Crippen LogP contribution < -0.4 is 11.5 Å². The van der Waals surface area contributed by atoms with E-state index in [4.69, 9.17) is 16.6 Å². The van der Waals surface area contributed by atoms with Crippen LogP contribution in [0.1, 0.15) is 12.8 Å². The monoisotopic (exact) mass is 237 g/mol. The molecule has 1 rings (SSSR count). The van der Waals surface area contributed by atoms with Crippen LogP contribution in [0, 0.1) is 0 Å². The van der Waals surface area contributed by atoms with E-state index in [0.717, 1.165) is 6.42 Å². The van der Waals surface area contributed by atoms with E-state index >= 15 is 0 Å². The fourth-order valence-corrected chi connectivity index (χ4v) is 1.62. The van der Waals surface area contributed by atoms with E-state index in [0.29, 0.717) is 13.0 Å². The first-order valence-electron chi connectivity index (χ1n) is 4.54. The molecule has 6 nitrogen and oxygen atoms in total. The van der Waals surface area contributed by atoms with Crippen LogP contribution in [0.2, 0.25) is 0 Å². The maximum atomic E-state index is 11.5. The number of hydrogen-bond donors (Lipinski definition) is 3. The Bertz CT molecular complexity index is 249. The van der Waals surface area contributed by atoms with Gasteiger partial charge in [-0.25, -0.2) is 0 Å². The molecule has 0 bridgehead atoms. The summed E-state index contributed by atoms with van der Waals surface area (Å²) in [5.74, 6) is -0.921. The molecule has 0 aromatic heterocycles. The molecule has 0 spiro atoms. The Morgan fingerprint density at radius 3 is 2.60 bits per heavy atom. The molecule has 15 heavy (non-hydrogen) atoms. The molecule has 1 saturated heterocycles. The molecule has 0 unspecified atom stereocenters. The van der Waals surface area contributed by atoms with Gasteiger partial charge in [0.25, 0.3) is 0 Å². The van der Waals surface area contributed by atoms with Gasteiger partial charge in [0.05, 0.1) is 6.61 Å². The largest absolute Gasteiger partial charge is 0.394 e. The van der Waals surface area contributed by atoms with Gasteiger partial charge < -0.3 is 21.5 Å². The van der Waals surface area contributed by atoms with Crippen molar-refractivity contribution in [2.45, 2.75) is 24.9 Å². The van der Waals surface area contributed by atoms with Gasteiger partial charge in [-0.05, 0) is 12.8 Å². The SMILES string of the molecule is Cl.NC(=O)[C@@H]1CCCN1C(=O)[C@@H](N)CO. The number of amides is 2. The van der Waals surface area contributed by atoms with Gasteiger partial charge in [-0.15, -0.1) is 12.4 Å². The van der Waals surface area contributed by atoms with Gasteiger partial charge in [0.1, 0.15) is 12.1 Å². The van der Waals surface area contributed by atoms with Crippen molar-refractivity contribution in [2.75, 3.05) is 13.2 Å². The molecule has 0 aromatic carbocycles. The molecule has 5 N–H and O–H groups in total. The lowest BCUT2D eigenvalue weighted by molar-refractivity contribution is -0.139. The molecule has 0 aromatic rings. The minimum absolute atomic E-state index is 0.